The number of hydrogen-bond donors (Lipinski definition) is 1. The summed E-state index contributed by atoms with van der Waals surface area (Å²) in [7, 11) is 1.63. The van der Waals surface area contributed by atoms with Crippen molar-refractivity contribution in [3.8, 4) is 0 Å². The van der Waals surface area contributed by atoms with E-state index < -0.39 is 5.97 Å². The molecule has 1 rings (SSSR count). The summed E-state index contributed by atoms with van der Waals surface area (Å²) in [4.78, 5) is 11.1. The van der Waals surface area contributed by atoms with Gasteiger partial charge < -0.3 is 9.84 Å². The van der Waals surface area contributed by atoms with Gasteiger partial charge in [0.15, 0.2) is 0 Å². The van der Waals surface area contributed by atoms with Crippen LogP contribution in [-0.4, -0.2) is 18.2 Å². The van der Waals surface area contributed by atoms with Crippen molar-refractivity contribution in [1.29, 1.82) is 0 Å². The van der Waals surface area contributed by atoms with E-state index in [1.54, 1.807) is 14.0 Å². The summed E-state index contributed by atoms with van der Waals surface area (Å²) in [6, 6.07) is 0. The van der Waals surface area contributed by atoms with Gasteiger partial charge in [0.2, 0.25) is 0 Å². The van der Waals surface area contributed by atoms with Crippen LogP contribution < -0.4 is 0 Å². The Balaban J connectivity index is 2.95. The minimum Gasteiger partial charge on any atom is -0.497 e. The lowest BCUT2D eigenvalue weighted by atomic mass is 9.84. The maximum Gasteiger partial charge on any atom is 0.306 e. The first-order valence-electron chi connectivity index (χ1n) is 5.88. The third-order valence-electron chi connectivity index (χ3n) is 3.25. The van der Waals surface area contributed by atoms with E-state index in [1.165, 1.54) is 0 Å². The highest BCUT2D eigenvalue weighted by atomic mass is 16.5. The van der Waals surface area contributed by atoms with Gasteiger partial charge in [-0.3, -0.25) is 4.79 Å². The molecule has 0 fully saturated rings. The largest absolute Gasteiger partial charge is 0.497 e. The van der Waals surface area contributed by atoms with Gasteiger partial charge in [0.25, 0.3) is 0 Å². The van der Waals surface area contributed by atoms with Crippen molar-refractivity contribution in [2.24, 2.45) is 11.8 Å². The molecule has 3 nitrogen and oxygen atoms in total. The molecular weight excluding hydrogens is 216 g/mol. The molecule has 0 aliphatic heterocycles. The number of carbonyl (C=O) groups is 1. The molecule has 2 unspecified atom stereocenters. The number of allylic oxidation sites excluding steroid dienone is 5. The predicted octanol–water partition coefficient (Wildman–Crippen LogP) is 3.15. The molecule has 0 saturated heterocycles. The third-order valence-corrected chi connectivity index (χ3v) is 3.25. The summed E-state index contributed by atoms with van der Waals surface area (Å²) in [5.41, 5.74) is 1.10. The molecule has 0 saturated carbocycles. The molecule has 2 atom stereocenters. The van der Waals surface area contributed by atoms with Gasteiger partial charge in [-0.25, -0.2) is 0 Å². The van der Waals surface area contributed by atoms with Crippen LogP contribution in [0.25, 0.3) is 0 Å². The van der Waals surface area contributed by atoms with Crippen LogP contribution in [0.4, 0.5) is 0 Å². The summed E-state index contributed by atoms with van der Waals surface area (Å²) in [5, 5.41) is 9.10. The van der Waals surface area contributed by atoms with Crippen molar-refractivity contribution in [2.45, 2.75) is 26.7 Å². The molecule has 1 N–H and O–H groups in total. The molecule has 0 amide bonds. The first-order valence-corrected chi connectivity index (χ1v) is 5.88. The topological polar surface area (TPSA) is 46.5 Å². The van der Waals surface area contributed by atoms with Gasteiger partial charge in [-0.15, -0.1) is 0 Å². The number of methoxy groups -OCH3 is 1. The van der Waals surface area contributed by atoms with Gasteiger partial charge in [-0.2, -0.15) is 0 Å². The number of hydrogen-bond acceptors (Lipinski definition) is 2. The average molecular weight is 236 g/mol. The van der Waals surface area contributed by atoms with Crippen LogP contribution in [0, 0.1) is 11.8 Å². The summed E-state index contributed by atoms with van der Waals surface area (Å²) >= 11 is 0. The van der Waals surface area contributed by atoms with Gasteiger partial charge in [0.1, 0.15) is 5.76 Å². The van der Waals surface area contributed by atoms with Gasteiger partial charge in [-0.1, -0.05) is 24.6 Å². The van der Waals surface area contributed by atoms with E-state index >= 15 is 0 Å². The highest BCUT2D eigenvalue weighted by Gasteiger charge is 2.24. The lowest BCUT2D eigenvalue weighted by Gasteiger charge is -2.20. The Labute approximate surface area is 102 Å². The van der Waals surface area contributed by atoms with Crippen LogP contribution in [-0.2, 0) is 9.53 Å². The highest BCUT2D eigenvalue weighted by Crippen LogP contribution is 2.27. The Bertz CT molecular complexity index is 364. The lowest BCUT2D eigenvalue weighted by Crippen LogP contribution is -2.21. The first kappa shape index (κ1) is 13.6. The lowest BCUT2D eigenvalue weighted by molar-refractivity contribution is -0.142. The van der Waals surface area contributed by atoms with Crippen molar-refractivity contribution in [1.82, 2.24) is 0 Å². The molecule has 3 heteroatoms. The molecule has 1 aliphatic rings. The van der Waals surface area contributed by atoms with Crippen LogP contribution in [0.3, 0.4) is 0 Å². The molecule has 0 aromatic heterocycles. The van der Waals surface area contributed by atoms with Gasteiger partial charge >= 0.3 is 5.97 Å². The average Bonchev–Trinajstić information content (AvgIpc) is 2.39. The molecule has 1 aliphatic carbocycles. The van der Waals surface area contributed by atoms with Crippen molar-refractivity contribution >= 4 is 5.97 Å². The number of carboxylic acids is 1. The van der Waals surface area contributed by atoms with Gasteiger partial charge in [0, 0.05) is 0 Å². The van der Waals surface area contributed by atoms with E-state index in [-0.39, 0.29) is 11.8 Å². The fraction of sp³-hybridized carbons (Fsp3) is 0.500. The van der Waals surface area contributed by atoms with E-state index in [0.29, 0.717) is 0 Å². The fourth-order valence-corrected chi connectivity index (χ4v) is 2.05. The summed E-state index contributed by atoms with van der Waals surface area (Å²) in [5.74, 6) is -0.198. The molecule has 0 aromatic carbocycles. The molecule has 0 radical (unpaired) electrons. The zero-order valence-corrected chi connectivity index (χ0v) is 10.6. The maximum atomic E-state index is 11.1. The number of ether oxygens (including phenoxy) is 1. The highest BCUT2D eigenvalue weighted by molar-refractivity contribution is 5.70. The van der Waals surface area contributed by atoms with E-state index in [1.807, 2.05) is 31.2 Å². The second-order valence-corrected chi connectivity index (χ2v) is 4.40. The third kappa shape index (κ3) is 3.77. The van der Waals surface area contributed by atoms with Crippen LogP contribution in [0.15, 0.2) is 35.6 Å². The summed E-state index contributed by atoms with van der Waals surface area (Å²) in [6.07, 6.45) is 9.53. The Morgan fingerprint density at radius 1 is 1.53 bits per heavy atom. The minimum atomic E-state index is -0.734. The molecule has 94 valence electrons. The normalized spacial score (nSPS) is 30.6. The van der Waals surface area contributed by atoms with Gasteiger partial charge in [0.05, 0.1) is 13.0 Å². The quantitative estimate of drug-likeness (QED) is 0.818. The van der Waals surface area contributed by atoms with Crippen LogP contribution in [0.2, 0.25) is 0 Å². The summed E-state index contributed by atoms with van der Waals surface area (Å²) in [6.45, 7) is 3.76. The zero-order chi connectivity index (χ0) is 12.8. The minimum absolute atomic E-state index is 0.0876. The number of carboxylic acid groups (broad SMARTS) is 1. The second kappa shape index (κ2) is 6.28. The first-order chi connectivity index (χ1) is 8.06. The van der Waals surface area contributed by atoms with Crippen LogP contribution in [0.1, 0.15) is 26.7 Å². The Hall–Kier alpha value is -1.51. The number of aliphatic carboxylic acids is 1. The molecular formula is C14H20O3. The van der Waals surface area contributed by atoms with Crippen molar-refractivity contribution in [3.63, 3.8) is 0 Å². The SMILES string of the molecule is COC1=C/C=C(\C)C(C(C)C(=O)O)CC\C=C\1. The van der Waals surface area contributed by atoms with Crippen molar-refractivity contribution < 1.29 is 14.6 Å². The molecule has 0 heterocycles. The van der Waals surface area contributed by atoms with Gasteiger partial charge in [-0.05, 0) is 37.8 Å². The van der Waals surface area contributed by atoms with E-state index in [0.717, 1.165) is 24.2 Å². The Morgan fingerprint density at radius 2 is 2.24 bits per heavy atom. The van der Waals surface area contributed by atoms with Crippen molar-refractivity contribution in [3.05, 3.63) is 35.6 Å². The Morgan fingerprint density at radius 3 is 2.82 bits per heavy atom. The Kier molecular flexibility index (Phi) is 5.01. The monoisotopic (exact) mass is 236 g/mol. The fourth-order valence-electron chi connectivity index (χ4n) is 2.05. The number of rotatable bonds is 3. The van der Waals surface area contributed by atoms with E-state index in [2.05, 4.69) is 0 Å². The van der Waals surface area contributed by atoms with E-state index in [4.69, 9.17) is 9.84 Å². The van der Waals surface area contributed by atoms with Crippen LogP contribution in [0.5, 0.6) is 0 Å². The van der Waals surface area contributed by atoms with Crippen LogP contribution >= 0.6 is 0 Å². The second-order valence-electron chi connectivity index (χ2n) is 4.40. The molecule has 0 spiro atoms. The summed E-state index contributed by atoms with van der Waals surface area (Å²) < 4.78 is 5.19. The van der Waals surface area contributed by atoms with Crippen molar-refractivity contribution in [2.75, 3.05) is 7.11 Å². The smallest absolute Gasteiger partial charge is 0.306 e. The molecule has 0 aromatic rings. The predicted molar refractivity (Wildman–Crippen MR) is 67.5 cm³/mol. The van der Waals surface area contributed by atoms with E-state index in [9.17, 15) is 4.79 Å². The molecule has 17 heavy (non-hydrogen) atoms. The zero-order valence-electron chi connectivity index (χ0n) is 10.6. The standard InChI is InChI=1S/C14H20O3/c1-10-8-9-12(17-3)6-4-5-7-13(10)11(2)14(15)16/h4,6,8-9,11,13H,5,7H2,1-3H3,(H,15,16)/b6-4+,10-8+,12-9+. The molecule has 0 bridgehead atoms. The maximum absolute atomic E-state index is 11.1.